The minimum absolute atomic E-state index is 0.0406. The first-order valence-corrected chi connectivity index (χ1v) is 7.68. The topological polar surface area (TPSA) is 79.2 Å². The molecule has 2 heterocycles. The lowest BCUT2D eigenvalue weighted by Gasteiger charge is -2.29. The summed E-state index contributed by atoms with van der Waals surface area (Å²) in [5.41, 5.74) is 8.04. The van der Waals surface area contributed by atoms with Crippen LogP contribution in [0.15, 0.2) is 24.3 Å². The van der Waals surface area contributed by atoms with Crippen LogP contribution in [0.2, 0.25) is 0 Å². The van der Waals surface area contributed by atoms with Crippen LogP contribution in [-0.2, 0) is 4.79 Å². The van der Waals surface area contributed by atoms with E-state index in [1.807, 2.05) is 31.2 Å². The Bertz CT molecular complexity index is 712. The van der Waals surface area contributed by atoms with Gasteiger partial charge in [-0.15, -0.1) is 0 Å². The van der Waals surface area contributed by atoms with Crippen molar-refractivity contribution in [1.82, 2.24) is 9.88 Å². The molecule has 3 rings (SSSR count). The predicted molar refractivity (Wildman–Crippen MR) is 85.7 cm³/mol. The van der Waals surface area contributed by atoms with Gasteiger partial charge in [-0.3, -0.25) is 14.5 Å². The minimum atomic E-state index is -0.224. The maximum absolute atomic E-state index is 12.7. The van der Waals surface area contributed by atoms with Gasteiger partial charge >= 0.3 is 0 Å². The van der Waals surface area contributed by atoms with Crippen LogP contribution in [-0.4, -0.2) is 41.2 Å². The Morgan fingerprint density at radius 1 is 1.27 bits per heavy atom. The van der Waals surface area contributed by atoms with Crippen molar-refractivity contribution in [2.45, 2.75) is 19.8 Å². The molecular weight excluding hydrogens is 278 g/mol. The molecule has 1 fully saturated rings. The second-order valence-electron chi connectivity index (χ2n) is 6.05. The number of hydrogen-bond acceptors (Lipinski definition) is 3. The molecular formula is C17H21N3O2. The second kappa shape index (κ2) is 5.93. The molecule has 0 unspecified atom stereocenters. The van der Waals surface area contributed by atoms with Crippen molar-refractivity contribution in [3.05, 3.63) is 35.5 Å². The molecule has 1 aromatic carbocycles. The largest absolute Gasteiger partial charge is 0.369 e. The van der Waals surface area contributed by atoms with Gasteiger partial charge < -0.3 is 10.7 Å². The maximum Gasteiger partial charge on any atom is 0.220 e. The molecule has 5 nitrogen and oxygen atoms in total. The summed E-state index contributed by atoms with van der Waals surface area (Å²) in [6.07, 6.45) is 1.49. The molecule has 22 heavy (non-hydrogen) atoms. The minimum Gasteiger partial charge on any atom is -0.369 e. The molecule has 0 radical (unpaired) electrons. The van der Waals surface area contributed by atoms with Gasteiger partial charge in [0.1, 0.15) is 0 Å². The number of piperidine rings is 1. The van der Waals surface area contributed by atoms with Crippen molar-refractivity contribution in [3.63, 3.8) is 0 Å². The number of aromatic nitrogens is 1. The van der Waals surface area contributed by atoms with Crippen LogP contribution < -0.4 is 5.73 Å². The number of aromatic amines is 1. The van der Waals surface area contributed by atoms with E-state index in [-0.39, 0.29) is 17.6 Å². The number of Topliss-reactive ketones (excluding diaryl/α,β-unsaturated/α-hetero) is 1. The average molecular weight is 299 g/mol. The van der Waals surface area contributed by atoms with E-state index in [2.05, 4.69) is 9.88 Å². The molecule has 1 aromatic heterocycles. The van der Waals surface area contributed by atoms with Gasteiger partial charge in [0.25, 0.3) is 0 Å². The number of amides is 1. The number of para-hydroxylation sites is 1. The molecule has 0 bridgehead atoms. The first-order chi connectivity index (χ1) is 10.6. The number of fused-ring (bicyclic) bond motifs is 1. The van der Waals surface area contributed by atoms with Crippen LogP contribution in [0.4, 0.5) is 0 Å². The Morgan fingerprint density at radius 3 is 2.64 bits per heavy atom. The van der Waals surface area contributed by atoms with Crippen LogP contribution in [0.25, 0.3) is 10.9 Å². The van der Waals surface area contributed by atoms with Gasteiger partial charge in [0.05, 0.1) is 6.54 Å². The highest BCUT2D eigenvalue weighted by Crippen LogP contribution is 2.23. The lowest BCUT2D eigenvalue weighted by Crippen LogP contribution is -2.40. The van der Waals surface area contributed by atoms with Crippen LogP contribution in [0.5, 0.6) is 0 Å². The van der Waals surface area contributed by atoms with Crippen molar-refractivity contribution in [1.29, 1.82) is 0 Å². The van der Waals surface area contributed by atoms with Gasteiger partial charge in [0.2, 0.25) is 5.91 Å². The third-order valence-corrected chi connectivity index (χ3v) is 4.53. The molecule has 1 amide bonds. The number of nitrogens with two attached hydrogens (primary N) is 1. The monoisotopic (exact) mass is 299 g/mol. The molecule has 0 saturated carbocycles. The molecule has 0 atom stereocenters. The summed E-state index contributed by atoms with van der Waals surface area (Å²) in [7, 11) is 0. The van der Waals surface area contributed by atoms with Crippen LogP contribution >= 0.6 is 0 Å². The number of benzene rings is 1. The molecule has 0 spiro atoms. The summed E-state index contributed by atoms with van der Waals surface area (Å²) in [6, 6.07) is 7.87. The van der Waals surface area contributed by atoms with Gasteiger partial charge in [-0.1, -0.05) is 18.2 Å². The van der Waals surface area contributed by atoms with Crippen LogP contribution in [0.1, 0.15) is 28.9 Å². The van der Waals surface area contributed by atoms with Gasteiger partial charge in [-0.05, 0) is 38.9 Å². The zero-order valence-corrected chi connectivity index (χ0v) is 12.8. The van der Waals surface area contributed by atoms with Crippen molar-refractivity contribution in [2.24, 2.45) is 11.7 Å². The zero-order chi connectivity index (χ0) is 15.7. The summed E-state index contributed by atoms with van der Waals surface area (Å²) in [4.78, 5) is 29.2. The van der Waals surface area contributed by atoms with Crippen LogP contribution in [0.3, 0.4) is 0 Å². The molecule has 2 aromatic rings. The Morgan fingerprint density at radius 2 is 1.95 bits per heavy atom. The van der Waals surface area contributed by atoms with E-state index in [0.717, 1.165) is 48.1 Å². The summed E-state index contributed by atoms with van der Waals surface area (Å²) < 4.78 is 0. The number of likely N-dealkylation sites (tertiary alicyclic amines) is 1. The number of hydrogen-bond donors (Lipinski definition) is 2. The second-order valence-corrected chi connectivity index (χ2v) is 6.05. The highest BCUT2D eigenvalue weighted by Gasteiger charge is 2.25. The average Bonchev–Trinajstić information content (AvgIpc) is 2.83. The van der Waals surface area contributed by atoms with Gasteiger partial charge in [-0.2, -0.15) is 0 Å². The summed E-state index contributed by atoms with van der Waals surface area (Å²) in [6.45, 7) is 3.84. The number of carbonyl (C=O) groups is 2. The highest BCUT2D eigenvalue weighted by atomic mass is 16.1. The lowest BCUT2D eigenvalue weighted by molar-refractivity contribution is -0.123. The summed E-state index contributed by atoms with van der Waals surface area (Å²) >= 11 is 0. The van der Waals surface area contributed by atoms with E-state index in [1.54, 1.807) is 0 Å². The lowest BCUT2D eigenvalue weighted by atomic mass is 9.96. The zero-order valence-electron chi connectivity index (χ0n) is 12.8. The van der Waals surface area contributed by atoms with Crippen molar-refractivity contribution in [2.75, 3.05) is 19.6 Å². The molecule has 1 aliphatic heterocycles. The van der Waals surface area contributed by atoms with Crippen molar-refractivity contribution >= 4 is 22.6 Å². The summed E-state index contributed by atoms with van der Waals surface area (Å²) in [5, 5.41) is 0.983. The number of carbonyl (C=O) groups excluding carboxylic acids is 2. The van der Waals surface area contributed by atoms with Gasteiger partial charge in [0.15, 0.2) is 5.78 Å². The summed E-state index contributed by atoms with van der Waals surface area (Å²) in [5.74, 6) is -0.132. The maximum atomic E-state index is 12.7. The Kier molecular flexibility index (Phi) is 3.98. The molecule has 0 aliphatic carbocycles. The number of nitrogens with one attached hydrogen (secondary N) is 1. The number of primary amides is 1. The molecule has 116 valence electrons. The Hall–Kier alpha value is -2.14. The van der Waals surface area contributed by atoms with Crippen molar-refractivity contribution < 1.29 is 9.59 Å². The van der Waals surface area contributed by atoms with E-state index in [0.29, 0.717) is 6.54 Å². The van der Waals surface area contributed by atoms with E-state index < -0.39 is 0 Å². The number of aryl methyl sites for hydroxylation is 1. The molecule has 1 aliphatic rings. The van der Waals surface area contributed by atoms with Gasteiger partial charge in [0, 0.05) is 28.1 Å². The SMILES string of the molecule is Cc1[nH]c2ccccc2c1C(=O)CN1CCC(C(N)=O)CC1. The van der Waals surface area contributed by atoms with E-state index in [1.165, 1.54) is 0 Å². The quantitative estimate of drug-likeness (QED) is 0.846. The standard InChI is InChI=1S/C17H21N3O2/c1-11-16(13-4-2-3-5-14(13)19-11)15(21)10-20-8-6-12(7-9-20)17(18)22/h2-5,12,19H,6-10H2,1H3,(H2,18,22). The Labute approximate surface area is 129 Å². The van der Waals surface area contributed by atoms with Gasteiger partial charge in [-0.25, -0.2) is 0 Å². The number of ketones is 1. The number of nitrogens with zero attached hydrogens (tertiary/aromatic N) is 1. The molecule has 5 heteroatoms. The normalized spacial score (nSPS) is 17.0. The fourth-order valence-electron chi connectivity index (χ4n) is 3.29. The van der Waals surface area contributed by atoms with E-state index in [9.17, 15) is 9.59 Å². The first-order valence-electron chi connectivity index (χ1n) is 7.68. The number of rotatable bonds is 4. The van der Waals surface area contributed by atoms with Crippen molar-refractivity contribution in [3.8, 4) is 0 Å². The number of H-pyrrole nitrogens is 1. The van der Waals surface area contributed by atoms with E-state index >= 15 is 0 Å². The third kappa shape index (κ3) is 2.76. The fourth-order valence-corrected chi connectivity index (χ4v) is 3.29. The third-order valence-electron chi connectivity index (χ3n) is 4.53. The molecule has 1 saturated heterocycles. The Balaban J connectivity index is 1.72. The van der Waals surface area contributed by atoms with Crippen LogP contribution in [0, 0.1) is 12.8 Å². The molecule has 3 N–H and O–H groups in total. The fraction of sp³-hybridized carbons (Fsp3) is 0.412. The van der Waals surface area contributed by atoms with E-state index in [4.69, 9.17) is 5.73 Å². The smallest absolute Gasteiger partial charge is 0.220 e. The highest BCUT2D eigenvalue weighted by molar-refractivity contribution is 6.10. The predicted octanol–water partition coefficient (Wildman–Crippen LogP) is 1.86. The first kappa shape index (κ1) is 14.8.